The summed E-state index contributed by atoms with van der Waals surface area (Å²) in [7, 11) is 2.17. The quantitative estimate of drug-likeness (QED) is 0.838. The van der Waals surface area contributed by atoms with Crippen molar-refractivity contribution in [2.24, 2.45) is 5.92 Å². The summed E-state index contributed by atoms with van der Waals surface area (Å²) in [5, 5.41) is 3.60. The van der Waals surface area contributed by atoms with E-state index >= 15 is 0 Å². The maximum absolute atomic E-state index is 12.8. The molecule has 0 aromatic carbocycles. The molecule has 0 saturated carbocycles. The largest absolute Gasteiger partial charge is 0.322 e. The molecule has 2 atom stereocenters. The van der Waals surface area contributed by atoms with Crippen molar-refractivity contribution in [2.45, 2.75) is 71.1 Å². The van der Waals surface area contributed by atoms with Gasteiger partial charge in [0.15, 0.2) is 0 Å². The zero-order valence-electron chi connectivity index (χ0n) is 13.6. The molecule has 116 valence electrons. The highest BCUT2D eigenvalue weighted by Crippen LogP contribution is 2.27. The van der Waals surface area contributed by atoms with Crippen molar-refractivity contribution in [3.63, 3.8) is 0 Å². The lowest BCUT2D eigenvalue weighted by molar-refractivity contribution is -0.134. The number of unbranched alkanes of at least 4 members (excludes halogenated alkanes) is 1. The summed E-state index contributed by atoms with van der Waals surface area (Å²) in [5.74, 6) is 0.830. The van der Waals surface area contributed by atoms with Crippen molar-refractivity contribution < 1.29 is 4.79 Å². The minimum absolute atomic E-state index is 0.0574. The van der Waals surface area contributed by atoms with E-state index in [0.29, 0.717) is 17.9 Å². The maximum atomic E-state index is 12.8. The Morgan fingerprint density at radius 1 is 1.30 bits per heavy atom. The van der Waals surface area contributed by atoms with Crippen molar-refractivity contribution in [2.75, 3.05) is 20.1 Å². The van der Waals surface area contributed by atoms with Crippen molar-refractivity contribution in [1.29, 1.82) is 0 Å². The highest BCUT2D eigenvalue weighted by atomic mass is 16.2. The van der Waals surface area contributed by atoms with E-state index in [4.69, 9.17) is 0 Å². The summed E-state index contributed by atoms with van der Waals surface area (Å²) in [6, 6.07) is 0.493. The molecule has 2 rings (SSSR count). The van der Waals surface area contributed by atoms with Crippen molar-refractivity contribution in [3.05, 3.63) is 0 Å². The SMILES string of the molecule is CCCCC1NC(C(C)C)N(C2CCN(C)CC2)C1=O. The molecule has 0 radical (unpaired) electrons. The standard InChI is InChI=1S/C16H31N3O/c1-5-6-7-14-16(20)19(15(17-14)12(2)3)13-8-10-18(4)11-9-13/h12-15,17H,5-11H2,1-4H3. The van der Waals surface area contributed by atoms with Crippen LogP contribution in [0.2, 0.25) is 0 Å². The number of carbonyl (C=O) groups excluding carboxylic acids is 1. The Morgan fingerprint density at radius 3 is 2.50 bits per heavy atom. The van der Waals surface area contributed by atoms with Crippen LogP contribution in [0.25, 0.3) is 0 Å². The van der Waals surface area contributed by atoms with Crippen molar-refractivity contribution >= 4 is 5.91 Å². The molecule has 2 aliphatic rings. The predicted molar refractivity (Wildman–Crippen MR) is 82.4 cm³/mol. The Hall–Kier alpha value is -0.610. The molecule has 2 saturated heterocycles. The first kappa shape index (κ1) is 15.8. The van der Waals surface area contributed by atoms with Crippen LogP contribution in [0, 0.1) is 5.92 Å². The van der Waals surface area contributed by atoms with Crippen LogP contribution >= 0.6 is 0 Å². The van der Waals surface area contributed by atoms with Crippen LogP contribution < -0.4 is 5.32 Å². The minimum atomic E-state index is 0.0574. The van der Waals surface area contributed by atoms with Crippen LogP contribution in [0.3, 0.4) is 0 Å². The normalized spacial score (nSPS) is 29.6. The highest BCUT2D eigenvalue weighted by Gasteiger charge is 2.43. The summed E-state index contributed by atoms with van der Waals surface area (Å²) >= 11 is 0. The van der Waals surface area contributed by atoms with Crippen LogP contribution in [0.15, 0.2) is 0 Å². The first-order valence-corrected chi connectivity index (χ1v) is 8.31. The van der Waals surface area contributed by atoms with Gasteiger partial charge in [-0.3, -0.25) is 10.1 Å². The molecule has 0 bridgehead atoms. The van der Waals surface area contributed by atoms with E-state index < -0.39 is 0 Å². The third-order valence-corrected chi connectivity index (χ3v) is 4.78. The number of hydrogen-bond donors (Lipinski definition) is 1. The van der Waals surface area contributed by atoms with Gasteiger partial charge in [0.25, 0.3) is 0 Å². The molecule has 1 amide bonds. The number of rotatable bonds is 5. The zero-order chi connectivity index (χ0) is 14.7. The van der Waals surface area contributed by atoms with Crippen molar-refractivity contribution in [3.8, 4) is 0 Å². The molecule has 0 aliphatic carbocycles. The molecule has 0 aromatic heterocycles. The molecular weight excluding hydrogens is 250 g/mol. The number of likely N-dealkylation sites (tertiary alicyclic amines) is 1. The van der Waals surface area contributed by atoms with Gasteiger partial charge in [-0.05, 0) is 45.3 Å². The van der Waals surface area contributed by atoms with Crippen LogP contribution in [0.5, 0.6) is 0 Å². The third kappa shape index (κ3) is 3.34. The molecular formula is C16H31N3O. The van der Waals surface area contributed by atoms with E-state index in [0.717, 1.165) is 45.2 Å². The van der Waals surface area contributed by atoms with Gasteiger partial charge in [0.1, 0.15) is 0 Å². The smallest absolute Gasteiger partial charge is 0.241 e. The lowest BCUT2D eigenvalue weighted by Gasteiger charge is -2.39. The number of nitrogens with zero attached hydrogens (tertiary/aromatic N) is 2. The molecule has 2 unspecified atom stereocenters. The lowest BCUT2D eigenvalue weighted by atomic mass is 10.0. The Morgan fingerprint density at radius 2 is 1.95 bits per heavy atom. The summed E-state index contributed by atoms with van der Waals surface area (Å²) in [5.41, 5.74) is 0. The number of nitrogens with one attached hydrogen (secondary N) is 1. The Kier molecular flexibility index (Phi) is 5.44. The molecule has 2 heterocycles. The number of carbonyl (C=O) groups is 1. The monoisotopic (exact) mass is 281 g/mol. The Bertz CT molecular complexity index is 324. The van der Waals surface area contributed by atoms with Crippen LogP contribution in [0.1, 0.15) is 52.9 Å². The average Bonchev–Trinajstić information content (AvgIpc) is 2.75. The fraction of sp³-hybridized carbons (Fsp3) is 0.938. The number of piperidine rings is 1. The average molecular weight is 281 g/mol. The van der Waals surface area contributed by atoms with Gasteiger partial charge in [0, 0.05) is 6.04 Å². The van der Waals surface area contributed by atoms with Gasteiger partial charge < -0.3 is 9.80 Å². The molecule has 4 nitrogen and oxygen atoms in total. The van der Waals surface area contributed by atoms with Gasteiger partial charge >= 0.3 is 0 Å². The van der Waals surface area contributed by atoms with Crippen LogP contribution in [-0.4, -0.2) is 54.1 Å². The van der Waals surface area contributed by atoms with Gasteiger partial charge in [-0.25, -0.2) is 0 Å². The highest BCUT2D eigenvalue weighted by molar-refractivity contribution is 5.84. The second kappa shape index (κ2) is 6.90. The van der Waals surface area contributed by atoms with Gasteiger partial charge in [0.05, 0.1) is 12.2 Å². The zero-order valence-corrected chi connectivity index (χ0v) is 13.6. The molecule has 0 aromatic rings. The first-order chi connectivity index (χ1) is 9.54. The molecule has 20 heavy (non-hydrogen) atoms. The Balaban J connectivity index is 2.05. The fourth-order valence-electron chi connectivity index (χ4n) is 3.48. The third-order valence-electron chi connectivity index (χ3n) is 4.78. The van der Waals surface area contributed by atoms with Gasteiger partial charge in [0.2, 0.25) is 5.91 Å². The minimum Gasteiger partial charge on any atom is -0.322 e. The van der Waals surface area contributed by atoms with Crippen molar-refractivity contribution in [1.82, 2.24) is 15.1 Å². The summed E-state index contributed by atoms with van der Waals surface area (Å²) in [6.45, 7) is 8.84. The van der Waals surface area contributed by atoms with Gasteiger partial charge in [-0.1, -0.05) is 33.6 Å². The lowest BCUT2D eigenvalue weighted by Crippen LogP contribution is -2.51. The molecule has 0 spiro atoms. The second-order valence-corrected chi connectivity index (χ2v) is 6.83. The van der Waals surface area contributed by atoms with Crippen LogP contribution in [-0.2, 0) is 4.79 Å². The van der Waals surface area contributed by atoms with Gasteiger partial charge in [-0.15, -0.1) is 0 Å². The second-order valence-electron chi connectivity index (χ2n) is 6.83. The summed E-state index contributed by atoms with van der Waals surface area (Å²) < 4.78 is 0. The number of hydrogen-bond acceptors (Lipinski definition) is 3. The fourth-order valence-corrected chi connectivity index (χ4v) is 3.48. The number of amides is 1. The van der Waals surface area contributed by atoms with Crippen LogP contribution in [0.4, 0.5) is 0 Å². The van der Waals surface area contributed by atoms with Gasteiger partial charge in [-0.2, -0.15) is 0 Å². The molecule has 2 fully saturated rings. The van der Waals surface area contributed by atoms with E-state index in [1.54, 1.807) is 0 Å². The van der Waals surface area contributed by atoms with E-state index in [-0.39, 0.29) is 12.2 Å². The van der Waals surface area contributed by atoms with E-state index in [1.807, 2.05) is 0 Å². The maximum Gasteiger partial charge on any atom is 0.241 e. The molecule has 1 N–H and O–H groups in total. The van der Waals surface area contributed by atoms with E-state index in [9.17, 15) is 4.79 Å². The summed E-state index contributed by atoms with van der Waals surface area (Å²) in [4.78, 5) is 17.3. The topological polar surface area (TPSA) is 35.6 Å². The molecule has 4 heteroatoms. The first-order valence-electron chi connectivity index (χ1n) is 8.31. The Labute approximate surface area is 123 Å². The van der Waals surface area contributed by atoms with E-state index in [1.165, 1.54) is 0 Å². The predicted octanol–water partition coefficient (Wildman–Crippen LogP) is 2.05. The molecule has 2 aliphatic heterocycles. The van der Waals surface area contributed by atoms with E-state index in [2.05, 4.69) is 42.9 Å². The summed E-state index contributed by atoms with van der Waals surface area (Å²) in [6.07, 6.45) is 5.75.